The van der Waals surface area contributed by atoms with E-state index in [1.807, 2.05) is 4.90 Å². The number of aliphatic hydroxyl groups is 2. The highest BCUT2D eigenvalue weighted by atomic mass is 16.3. The van der Waals surface area contributed by atoms with Gasteiger partial charge in [0.15, 0.2) is 0 Å². The number of nitrogens with one attached hydrogen (secondary N) is 1. The van der Waals surface area contributed by atoms with Crippen LogP contribution in [0.3, 0.4) is 0 Å². The fourth-order valence-electron chi connectivity index (χ4n) is 1.95. The summed E-state index contributed by atoms with van der Waals surface area (Å²) in [6, 6.07) is -0.188. The van der Waals surface area contributed by atoms with Crippen molar-refractivity contribution in [2.24, 2.45) is 0 Å². The van der Waals surface area contributed by atoms with Crippen molar-refractivity contribution in [2.45, 2.75) is 25.3 Å². The van der Waals surface area contributed by atoms with Crippen LogP contribution in [-0.2, 0) is 4.79 Å². The van der Waals surface area contributed by atoms with Gasteiger partial charge >= 0.3 is 0 Å². The summed E-state index contributed by atoms with van der Waals surface area (Å²) in [5, 5.41) is 20.6. The molecule has 1 atom stereocenters. The van der Waals surface area contributed by atoms with Gasteiger partial charge in [0.25, 0.3) is 0 Å². The van der Waals surface area contributed by atoms with Gasteiger partial charge in [-0.25, -0.2) is 0 Å². The Labute approximate surface area is 90.1 Å². The Morgan fingerprint density at radius 2 is 1.93 bits per heavy atom. The summed E-state index contributed by atoms with van der Waals surface area (Å²) in [5.41, 5.74) is 0. The quantitative estimate of drug-likeness (QED) is 0.548. The molecule has 0 saturated carbocycles. The van der Waals surface area contributed by atoms with E-state index in [-0.39, 0.29) is 25.2 Å². The molecule has 1 heterocycles. The van der Waals surface area contributed by atoms with Crippen LogP contribution in [0, 0.1) is 0 Å². The normalized spacial score (nSPS) is 22.6. The van der Waals surface area contributed by atoms with Gasteiger partial charge in [0.2, 0.25) is 5.91 Å². The molecule has 0 aliphatic carbocycles. The number of nitrogens with zero attached hydrogens (tertiary/aromatic N) is 1. The third kappa shape index (κ3) is 3.77. The number of amides is 1. The summed E-state index contributed by atoms with van der Waals surface area (Å²) in [4.78, 5) is 13.5. The van der Waals surface area contributed by atoms with Crippen LogP contribution in [0.5, 0.6) is 0 Å². The third-order valence-electron chi connectivity index (χ3n) is 2.72. The van der Waals surface area contributed by atoms with Crippen LogP contribution in [0.15, 0.2) is 0 Å². The molecular weight excluding hydrogens is 196 g/mol. The van der Waals surface area contributed by atoms with Crippen molar-refractivity contribution in [3.05, 3.63) is 0 Å². The fraction of sp³-hybridized carbons (Fsp3) is 0.900. The smallest absolute Gasteiger partial charge is 0.237 e. The van der Waals surface area contributed by atoms with Crippen molar-refractivity contribution < 1.29 is 15.0 Å². The highest BCUT2D eigenvalue weighted by molar-refractivity contribution is 5.81. The zero-order valence-corrected chi connectivity index (χ0v) is 8.98. The van der Waals surface area contributed by atoms with Gasteiger partial charge in [-0.3, -0.25) is 9.69 Å². The molecule has 0 bridgehead atoms. The predicted molar refractivity (Wildman–Crippen MR) is 56.4 cm³/mol. The molecule has 1 saturated heterocycles. The average molecular weight is 216 g/mol. The van der Waals surface area contributed by atoms with Crippen LogP contribution >= 0.6 is 0 Å². The monoisotopic (exact) mass is 216 g/mol. The molecule has 1 amide bonds. The Kier molecular flexibility index (Phi) is 5.60. The summed E-state index contributed by atoms with van der Waals surface area (Å²) in [7, 11) is 0. The second kappa shape index (κ2) is 6.76. The molecule has 88 valence electrons. The minimum absolute atomic E-state index is 0.0176. The van der Waals surface area contributed by atoms with Gasteiger partial charge in [0.1, 0.15) is 0 Å². The van der Waals surface area contributed by atoms with Crippen LogP contribution in [0.4, 0.5) is 0 Å². The third-order valence-corrected chi connectivity index (χ3v) is 2.72. The molecule has 0 aromatic rings. The largest absolute Gasteiger partial charge is 0.395 e. The van der Waals surface area contributed by atoms with Crippen molar-refractivity contribution >= 4 is 5.91 Å². The van der Waals surface area contributed by atoms with E-state index in [4.69, 9.17) is 10.2 Å². The van der Waals surface area contributed by atoms with Crippen LogP contribution in [0.2, 0.25) is 0 Å². The molecule has 0 aromatic carbocycles. The molecule has 1 fully saturated rings. The summed E-state index contributed by atoms with van der Waals surface area (Å²) >= 11 is 0. The lowest BCUT2D eigenvalue weighted by Crippen LogP contribution is -2.47. The van der Waals surface area contributed by atoms with E-state index in [9.17, 15) is 4.79 Å². The van der Waals surface area contributed by atoms with E-state index in [2.05, 4.69) is 5.32 Å². The van der Waals surface area contributed by atoms with Crippen LogP contribution in [0.25, 0.3) is 0 Å². The van der Waals surface area contributed by atoms with Crippen LogP contribution in [0.1, 0.15) is 19.3 Å². The SMILES string of the molecule is O=C1NCCCCC1N(CCO)CCO. The van der Waals surface area contributed by atoms with Gasteiger partial charge in [-0.1, -0.05) is 0 Å². The topological polar surface area (TPSA) is 72.8 Å². The first-order valence-electron chi connectivity index (χ1n) is 5.53. The van der Waals surface area contributed by atoms with Crippen molar-refractivity contribution in [2.75, 3.05) is 32.8 Å². The molecule has 0 radical (unpaired) electrons. The Hall–Kier alpha value is -0.650. The number of aliphatic hydroxyl groups excluding tert-OH is 2. The lowest BCUT2D eigenvalue weighted by molar-refractivity contribution is -0.126. The zero-order chi connectivity index (χ0) is 11.1. The van der Waals surface area contributed by atoms with Crippen molar-refractivity contribution in [1.82, 2.24) is 10.2 Å². The summed E-state index contributed by atoms with van der Waals surface area (Å²) < 4.78 is 0. The number of carbonyl (C=O) groups is 1. The molecular formula is C10H20N2O3. The molecule has 1 aliphatic heterocycles. The summed E-state index contributed by atoms with van der Waals surface area (Å²) in [6.07, 6.45) is 2.83. The maximum atomic E-state index is 11.7. The predicted octanol–water partition coefficient (Wildman–Crippen LogP) is -1.06. The highest BCUT2D eigenvalue weighted by Gasteiger charge is 2.26. The van der Waals surface area contributed by atoms with Crippen molar-refractivity contribution in [3.63, 3.8) is 0 Å². The van der Waals surface area contributed by atoms with Gasteiger partial charge in [-0.2, -0.15) is 0 Å². The van der Waals surface area contributed by atoms with Gasteiger partial charge in [0, 0.05) is 19.6 Å². The number of hydrogen-bond acceptors (Lipinski definition) is 4. The van der Waals surface area contributed by atoms with Crippen molar-refractivity contribution in [1.29, 1.82) is 0 Å². The lowest BCUT2D eigenvalue weighted by Gasteiger charge is -2.28. The number of carbonyl (C=O) groups excluding carboxylic acids is 1. The second-order valence-corrected chi connectivity index (χ2v) is 3.79. The Morgan fingerprint density at radius 3 is 2.53 bits per heavy atom. The molecule has 1 rings (SSSR count). The molecule has 5 heteroatoms. The average Bonchev–Trinajstić information content (AvgIpc) is 2.43. The Morgan fingerprint density at radius 1 is 1.27 bits per heavy atom. The van der Waals surface area contributed by atoms with Crippen LogP contribution < -0.4 is 5.32 Å². The molecule has 0 spiro atoms. The first-order chi connectivity index (χ1) is 7.29. The van der Waals surface area contributed by atoms with Gasteiger partial charge < -0.3 is 15.5 Å². The van der Waals surface area contributed by atoms with E-state index in [0.717, 1.165) is 25.8 Å². The summed E-state index contributed by atoms with van der Waals surface area (Å²) in [5.74, 6) is 0.0226. The zero-order valence-electron chi connectivity index (χ0n) is 8.98. The molecule has 3 N–H and O–H groups in total. The number of rotatable bonds is 5. The first kappa shape index (κ1) is 12.4. The van der Waals surface area contributed by atoms with E-state index < -0.39 is 0 Å². The summed E-state index contributed by atoms with van der Waals surface area (Å²) in [6.45, 7) is 1.66. The fourth-order valence-corrected chi connectivity index (χ4v) is 1.95. The maximum absolute atomic E-state index is 11.7. The minimum atomic E-state index is -0.188. The van der Waals surface area contributed by atoms with E-state index in [0.29, 0.717) is 13.1 Å². The van der Waals surface area contributed by atoms with Gasteiger partial charge in [-0.05, 0) is 19.3 Å². The molecule has 5 nitrogen and oxygen atoms in total. The Bertz CT molecular complexity index is 193. The van der Waals surface area contributed by atoms with E-state index in [1.165, 1.54) is 0 Å². The molecule has 15 heavy (non-hydrogen) atoms. The van der Waals surface area contributed by atoms with E-state index >= 15 is 0 Å². The lowest BCUT2D eigenvalue weighted by atomic mass is 10.1. The molecule has 1 unspecified atom stereocenters. The maximum Gasteiger partial charge on any atom is 0.237 e. The standard InChI is InChI=1S/C10H20N2O3/c13-7-5-12(6-8-14)9-3-1-2-4-11-10(9)15/h9,13-14H,1-8H2,(H,11,15). The molecule has 0 aromatic heterocycles. The van der Waals surface area contributed by atoms with E-state index in [1.54, 1.807) is 0 Å². The second-order valence-electron chi connectivity index (χ2n) is 3.79. The number of hydrogen-bond donors (Lipinski definition) is 3. The minimum Gasteiger partial charge on any atom is -0.395 e. The van der Waals surface area contributed by atoms with Crippen molar-refractivity contribution in [3.8, 4) is 0 Å². The molecule has 1 aliphatic rings. The van der Waals surface area contributed by atoms with Gasteiger partial charge in [-0.15, -0.1) is 0 Å². The van der Waals surface area contributed by atoms with Crippen LogP contribution in [-0.4, -0.2) is 59.9 Å². The highest BCUT2D eigenvalue weighted by Crippen LogP contribution is 2.11. The van der Waals surface area contributed by atoms with Gasteiger partial charge in [0.05, 0.1) is 19.3 Å². The first-order valence-corrected chi connectivity index (χ1v) is 5.53. The Balaban J connectivity index is 2.57.